The van der Waals surface area contributed by atoms with Crippen LogP contribution in [0.25, 0.3) is 0 Å². The van der Waals surface area contributed by atoms with Gasteiger partial charge < -0.3 is 10.2 Å². The van der Waals surface area contributed by atoms with Crippen molar-refractivity contribution in [3.63, 3.8) is 0 Å². The van der Waals surface area contributed by atoms with Crippen molar-refractivity contribution in [2.24, 2.45) is 0 Å². The largest absolute Gasteiger partial charge is 0.384 e. The van der Waals surface area contributed by atoms with Crippen molar-refractivity contribution in [3.8, 4) is 0 Å². The van der Waals surface area contributed by atoms with E-state index in [0.717, 1.165) is 29.6 Å². The molecule has 1 atom stereocenters. The highest BCUT2D eigenvalue weighted by molar-refractivity contribution is 7.99. The molecule has 0 radical (unpaired) electrons. The minimum atomic E-state index is 0.283. The fourth-order valence-corrected chi connectivity index (χ4v) is 3.35. The van der Waals surface area contributed by atoms with Crippen LogP contribution < -0.4 is 5.43 Å². The van der Waals surface area contributed by atoms with Gasteiger partial charge in [-0.05, 0) is 17.5 Å². The number of thioether (sulfide) groups is 1. The van der Waals surface area contributed by atoms with E-state index < -0.39 is 0 Å². The van der Waals surface area contributed by atoms with Gasteiger partial charge in [0.2, 0.25) is 5.16 Å². The second-order valence-electron chi connectivity index (χ2n) is 5.06. The molecule has 21 heavy (non-hydrogen) atoms. The summed E-state index contributed by atoms with van der Waals surface area (Å²) in [4.78, 5) is 0. The third kappa shape index (κ3) is 3.06. The minimum Gasteiger partial charge on any atom is -0.384 e. The molecule has 3 rings (SSSR count). The van der Waals surface area contributed by atoms with Crippen molar-refractivity contribution in [3.05, 3.63) is 41.2 Å². The molecule has 1 unspecified atom stereocenters. The standard InChI is InChI=1S/C15H20N4OS/c1-3-11-4-6-12(7-5-11)13-10-21-15-17-16-14(8-9-20-2)19(15)18-13/h4-7,13,18H,3,8-10H2,1-2H3. The highest BCUT2D eigenvalue weighted by Gasteiger charge is 2.23. The van der Waals surface area contributed by atoms with E-state index in [1.807, 2.05) is 4.68 Å². The topological polar surface area (TPSA) is 52.0 Å². The summed E-state index contributed by atoms with van der Waals surface area (Å²) in [6.07, 6.45) is 1.84. The van der Waals surface area contributed by atoms with E-state index in [-0.39, 0.29) is 6.04 Å². The van der Waals surface area contributed by atoms with Gasteiger partial charge in [-0.25, -0.2) is 4.68 Å². The fourth-order valence-electron chi connectivity index (χ4n) is 2.39. The van der Waals surface area contributed by atoms with E-state index in [4.69, 9.17) is 4.74 Å². The molecule has 1 aliphatic heterocycles. The number of nitrogens with one attached hydrogen (secondary N) is 1. The maximum Gasteiger partial charge on any atom is 0.210 e. The van der Waals surface area contributed by atoms with E-state index in [1.54, 1.807) is 18.9 Å². The van der Waals surface area contributed by atoms with Gasteiger partial charge in [0.25, 0.3) is 0 Å². The number of ether oxygens (including phenoxy) is 1. The van der Waals surface area contributed by atoms with E-state index in [9.17, 15) is 0 Å². The van der Waals surface area contributed by atoms with Crippen LogP contribution in [-0.2, 0) is 17.6 Å². The fraction of sp³-hybridized carbons (Fsp3) is 0.467. The zero-order chi connectivity index (χ0) is 14.7. The number of nitrogens with zero attached hydrogens (tertiary/aromatic N) is 3. The lowest BCUT2D eigenvalue weighted by atomic mass is 10.1. The molecule has 0 fully saturated rings. The van der Waals surface area contributed by atoms with Gasteiger partial charge in [0, 0.05) is 19.3 Å². The molecular formula is C15H20N4OS. The highest BCUT2D eigenvalue weighted by atomic mass is 32.2. The molecule has 0 saturated heterocycles. The third-order valence-electron chi connectivity index (χ3n) is 3.68. The van der Waals surface area contributed by atoms with E-state index in [1.165, 1.54) is 11.1 Å². The van der Waals surface area contributed by atoms with Crippen molar-refractivity contribution in [2.75, 3.05) is 24.9 Å². The Hall–Kier alpha value is -1.53. The summed E-state index contributed by atoms with van der Waals surface area (Å²) >= 11 is 1.74. The van der Waals surface area contributed by atoms with Crippen molar-refractivity contribution in [1.82, 2.24) is 14.9 Å². The van der Waals surface area contributed by atoms with Crippen LogP contribution >= 0.6 is 11.8 Å². The molecular weight excluding hydrogens is 284 g/mol. The SMILES string of the molecule is CCc1ccc(C2CSc3nnc(CCOC)n3N2)cc1. The summed E-state index contributed by atoms with van der Waals surface area (Å²) in [6, 6.07) is 9.11. The van der Waals surface area contributed by atoms with Crippen LogP contribution in [0.2, 0.25) is 0 Å². The smallest absolute Gasteiger partial charge is 0.210 e. The summed E-state index contributed by atoms with van der Waals surface area (Å²) in [5.41, 5.74) is 6.19. The van der Waals surface area contributed by atoms with Crippen LogP contribution in [-0.4, -0.2) is 34.3 Å². The van der Waals surface area contributed by atoms with E-state index in [0.29, 0.717) is 6.61 Å². The molecule has 0 saturated carbocycles. The Morgan fingerprint density at radius 2 is 2.14 bits per heavy atom. The molecule has 6 heteroatoms. The Kier molecular flexibility index (Phi) is 4.45. The van der Waals surface area contributed by atoms with Crippen molar-refractivity contribution < 1.29 is 4.74 Å². The van der Waals surface area contributed by atoms with Gasteiger partial charge in [0.05, 0.1) is 12.6 Å². The number of rotatable bonds is 5. The van der Waals surface area contributed by atoms with Crippen LogP contribution in [0.1, 0.15) is 29.9 Å². The van der Waals surface area contributed by atoms with Gasteiger partial charge in [0.15, 0.2) is 5.82 Å². The molecule has 0 spiro atoms. The molecule has 5 nitrogen and oxygen atoms in total. The van der Waals surface area contributed by atoms with Gasteiger partial charge in [0.1, 0.15) is 0 Å². The van der Waals surface area contributed by atoms with Crippen molar-refractivity contribution in [1.29, 1.82) is 0 Å². The Morgan fingerprint density at radius 1 is 1.33 bits per heavy atom. The number of hydrogen-bond acceptors (Lipinski definition) is 5. The van der Waals surface area contributed by atoms with Gasteiger partial charge >= 0.3 is 0 Å². The van der Waals surface area contributed by atoms with Gasteiger partial charge in [-0.2, -0.15) is 0 Å². The average molecular weight is 304 g/mol. The molecule has 1 aliphatic rings. The summed E-state index contributed by atoms with van der Waals surface area (Å²) in [6.45, 7) is 2.83. The normalized spacial score (nSPS) is 17.3. The zero-order valence-corrected chi connectivity index (χ0v) is 13.2. The maximum absolute atomic E-state index is 5.13. The molecule has 0 aliphatic carbocycles. The molecule has 1 aromatic carbocycles. The number of fused-ring (bicyclic) bond motifs is 1. The van der Waals surface area contributed by atoms with Crippen LogP contribution in [0.5, 0.6) is 0 Å². The molecule has 1 aromatic heterocycles. The van der Waals surface area contributed by atoms with Gasteiger partial charge in [-0.15, -0.1) is 10.2 Å². The summed E-state index contributed by atoms with van der Waals surface area (Å²) in [5.74, 6) is 1.89. The van der Waals surface area contributed by atoms with Crippen LogP contribution in [0, 0.1) is 0 Å². The number of benzene rings is 1. The Morgan fingerprint density at radius 3 is 2.86 bits per heavy atom. The Bertz CT molecular complexity index is 596. The minimum absolute atomic E-state index is 0.283. The van der Waals surface area contributed by atoms with Crippen LogP contribution in [0.3, 0.4) is 0 Å². The van der Waals surface area contributed by atoms with Gasteiger partial charge in [-0.1, -0.05) is 43.0 Å². The lowest BCUT2D eigenvalue weighted by molar-refractivity contribution is 0.199. The number of hydrogen-bond donors (Lipinski definition) is 1. The number of aryl methyl sites for hydroxylation is 1. The lowest BCUT2D eigenvalue weighted by Gasteiger charge is -2.26. The first-order valence-electron chi connectivity index (χ1n) is 7.23. The van der Waals surface area contributed by atoms with Crippen molar-refractivity contribution >= 4 is 11.8 Å². The summed E-state index contributed by atoms with van der Waals surface area (Å²) in [5, 5.41) is 9.40. The first-order chi connectivity index (χ1) is 10.3. The molecule has 112 valence electrons. The molecule has 0 bridgehead atoms. The second-order valence-corrected chi connectivity index (χ2v) is 6.05. The zero-order valence-electron chi connectivity index (χ0n) is 12.4. The maximum atomic E-state index is 5.13. The molecule has 0 amide bonds. The highest BCUT2D eigenvalue weighted by Crippen LogP contribution is 2.30. The van der Waals surface area contributed by atoms with E-state index in [2.05, 4.69) is 46.8 Å². The average Bonchev–Trinajstić information content (AvgIpc) is 2.95. The second kappa shape index (κ2) is 6.49. The number of aromatic nitrogens is 3. The van der Waals surface area contributed by atoms with Crippen LogP contribution in [0.15, 0.2) is 29.4 Å². The Balaban J connectivity index is 1.77. The third-order valence-corrected chi connectivity index (χ3v) is 4.71. The van der Waals surface area contributed by atoms with Crippen LogP contribution in [0.4, 0.5) is 0 Å². The van der Waals surface area contributed by atoms with Gasteiger partial charge in [-0.3, -0.25) is 0 Å². The monoisotopic (exact) mass is 304 g/mol. The molecule has 2 heterocycles. The Labute approximate surface area is 129 Å². The summed E-state index contributed by atoms with van der Waals surface area (Å²) in [7, 11) is 1.70. The predicted octanol–water partition coefficient (Wildman–Crippen LogP) is 2.42. The molecule has 1 N–H and O–H groups in total. The first kappa shape index (κ1) is 14.4. The predicted molar refractivity (Wildman–Crippen MR) is 84.2 cm³/mol. The number of methoxy groups -OCH3 is 1. The quantitative estimate of drug-likeness (QED) is 0.919. The molecule has 2 aromatic rings. The van der Waals surface area contributed by atoms with E-state index >= 15 is 0 Å². The lowest BCUT2D eigenvalue weighted by Crippen LogP contribution is -2.29. The first-order valence-corrected chi connectivity index (χ1v) is 8.21. The summed E-state index contributed by atoms with van der Waals surface area (Å²) < 4.78 is 7.13. The van der Waals surface area contributed by atoms with Crippen molar-refractivity contribution in [2.45, 2.75) is 31.0 Å².